The van der Waals surface area contributed by atoms with Crippen molar-refractivity contribution in [3.63, 3.8) is 0 Å². The smallest absolute Gasteiger partial charge is 0.254 e. The predicted molar refractivity (Wildman–Crippen MR) is 123 cm³/mol. The molecule has 2 aliphatic rings. The molecule has 1 saturated heterocycles. The summed E-state index contributed by atoms with van der Waals surface area (Å²) in [5.41, 5.74) is 2.85. The maximum absolute atomic E-state index is 12.8. The van der Waals surface area contributed by atoms with Gasteiger partial charge in [-0.3, -0.25) is 19.0 Å². The van der Waals surface area contributed by atoms with E-state index in [9.17, 15) is 19.6 Å². The van der Waals surface area contributed by atoms with Crippen molar-refractivity contribution in [2.75, 3.05) is 18.4 Å². The Bertz CT molecular complexity index is 1220. The van der Waals surface area contributed by atoms with Crippen molar-refractivity contribution in [2.45, 2.75) is 32.7 Å². The van der Waals surface area contributed by atoms with E-state index in [1.165, 1.54) is 10.6 Å². The van der Waals surface area contributed by atoms with Gasteiger partial charge in [0.2, 0.25) is 11.8 Å². The molecule has 33 heavy (non-hydrogen) atoms. The van der Waals surface area contributed by atoms with E-state index in [2.05, 4.69) is 33.6 Å². The van der Waals surface area contributed by atoms with Crippen LogP contribution in [0.4, 0.5) is 5.69 Å². The first-order chi connectivity index (χ1) is 15.8. The van der Waals surface area contributed by atoms with Gasteiger partial charge in [0, 0.05) is 48.4 Å². The minimum atomic E-state index is -0.346. The van der Waals surface area contributed by atoms with E-state index in [0.717, 1.165) is 18.5 Å². The molecule has 1 aromatic carbocycles. The van der Waals surface area contributed by atoms with Gasteiger partial charge in [-0.2, -0.15) is 5.26 Å². The molecule has 0 radical (unpaired) electrons. The molecule has 0 spiro atoms. The van der Waals surface area contributed by atoms with Gasteiger partial charge in [-0.05, 0) is 43.9 Å². The Morgan fingerprint density at radius 2 is 2.12 bits per heavy atom. The number of aryl methyl sites for hydroxylation is 1. The molecule has 2 heterocycles. The molecule has 1 unspecified atom stereocenters. The van der Waals surface area contributed by atoms with Gasteiger partial charge in [0.1, 0.15) is 12.4 Å². The molecule has 2 aromatic rings. The summed E-state index contributed by atoms with van der Waals surface area (Å²) in [6.07, 6.45) is 2.56. The van der Waals surface area contributed by atoms with Crippen molar-refractivity contribution in [1.82, 2.24) is 20.2 Å². The highest BCUT2D eigenvalue weighted by atomic mass is 16.2. The van der Waals surface area contributed by atoms with E-state index in [1.807, 2.05) is 0 Å². The second-order valence-electron chi connectivity index (χ2n) is 8.59. The second kappa shape index (κ2) is 9.28. The molecule has 0 bridgehead atoms. The van der Waals surface area contributed by atoms with Crippen molar-refractivity contribution >= 4 is 17.5 Å². The van der Waals surface area contributed by atoms with Gasteiger partial charge in [-0.25, -0.2) is 4.98 Å². The van der Waals surface area contributed by atoms with Crippen LogP contribution in [0.1, 0.15) is 30.7 Å². The number of hydrogen-bond donors (Lipinski definition) is 3. The molecule has 1 aromatic heterocycles. The zero-order valence-electron chi connectivity index (χ0n) is 18.5. The van der Waals surface area contributed by atoms with Crippen molar-refractivity contribution in [3.05, 3.63) is 58.3 Å². The topological polar surface area (TPSA) is 129 Å². The highest BCUT2D eigenvalue weighted by Gasteiger charge is 2.25. The first-order valence-corrected chi connectivity index (χ1v) is 11.0. The summed E-state index contributed by atoms with van der Waals surface area (Å²) in [4.78, 5) is 41.1. The third-order valence-electron chi connectivity index (χ3n) is 5.94. The van der Waals surface area contributed by atoms with Crippen LogP contribution in [0.25, 0.3) is 11.3 Å². The number of anilines is 1. The number of allylic oxidation sites excluding steroid dienone is 1. The maximum atomic E-state index is 12.8. The Hall–Kier alpha value is -3.93. The van der Waals surface area contributed by atoms with Crippen LogP contribution in [-0.4, -0.2) is 34.5 Å². The fourth-order valence-electron chi connectivity index (χ4n) is 3.87. The summed E-state index contributed by atoms with van der Waals surface area (Å²) in [6, 6.07) is 8.69. The van der Waals surface area contributed by atoms with E-state index in [4.69, 9.17) is 0 Å². The molecule has 2 amide bonds. The Labute approximate surface area is 191 Å². The molecule has 1 saturated carbocycles. The number of rotatable bonds is 8. The predicted octanol–water partition coefficient (Wildman–Crippen LogP) is 1.68. The van der Waals surface area contributed by atoms with Gasteiger partial charge >= 0.3 is 0 Å². The zero-order valence-corrected chi connectivity index (χ0v) is 18.5. The highest BCUT2D eigenvalue weighted by molar-refractivity contribution is 5.80. The zero-order chi connectivity index (χ0) is 23.5. The summed E-state index contributed by atoms with van der Waals surface area (Å²) in [5.74, 6) is 0.561. The number of nitrogens with one attached hydrogen (secondary N) is 3. The third-order valence-corrected chi connectivity index (χ3v) is 5.94. The SMILES string of the molecule is C=C(Nc1cc(C#N)ccc1-c1cc(=O)n(CC(=O)NCC2CNC(=O)C2)c(C)n1)C1CC1. The molecule has 3 N–H and O–H groups in total. The van der Waals surface area contributed by atoms with Gasteiger partial charge in [0.15, 0.2) is 0 Å². The third kappa shape index (κ3) is 5.29. The minimum Gasteiger partial charge on any atom is -0.359 e. The van der Waals surface area contributed by atoms with Crippen molar-refractivity contribution < 1.29 is 9.59 Å². The van der Waals surface area contributed by atoms with Crippen LogP contribution in [0.3, 0.4) is 0 Å². The van der Waals surface area contributed by atoms with Crippen LogP contribution in [0.15, 0.2) is 41.3 Å². The summed E-state index contributed by atoms with van der Waals surface area (Å²) < 4.78 is 1.32. The standard InChI is InChI=1S/C24H26N6O3/c1-14(18-4-5-18)28-20-7-16(10-25)3-6-19(20)21-9-24(33)30(15(2)29-21)13-23(32)27-12-17-8-22(31)26-11-17/h3,6-7,9,17-18,28H,1,4-5,8,11-13H2,2H3,(H,26,31)(H,27,32). The molecule has 9 nitrogen and oxygen atoms in total. The Balaban J connectivity index is 1.52. The summed E-state index contributed by atoms with van der Waals surface area (Å²) in [5, 5.41) is 18.1. The fourth-order valence-corrected chi connectivity index (χ4v) is 3.87. The molecule has 2 fully saturated rings. The number of carbonyl (C=O) groups excluding carboxylic acids is 2. The molecule has 1 atom stereocenters. The molecule has 4 rings (SSSR count). The van der Waals surface area contributed by atoms with Gasteiger partial charge < -0.3 is 16.0 Å². The maximum Gasteiger partial charge on any atom is 0.254 e. The van der Waals surface area contributed by atoms with Crippen molar-refractivity contribution in [1.29, 1.82) is 5.26 Å². The monoisotopic (exact) mass is 446 g/mol. The van der Waals surface area contributed by atoms with E-state index in [1.54, 1.807) is 25.1 Å². The number of nitriles is 1. The lowest BCUT2D eigenvalue weighted by molar-refractivity contribution is -0.122. The molecule has 170 valence electrons. The normalized spacial score (nSPS) is 17.2. The van der Waals surface area contributed by atoms with Crippen LogP contribution < -0.4 is 21.5 Å². The lowest BCUT2D eigenvalue weighted by Gasteiger charge is -2.16. The van der Waals surface area contributed by atoms with Crippen LogP contribution in [-0.2, 0) is 16.1 Å². The van der Waals surface area contributed by atoms with Crippen molar-refractivity contribution in [2.24, 2.45) is 11.8 Å². The second-order valence-corrected chi connectivity index (χ2v) is 8.59. The van der Waals surface area contributed by atoms with Crippen LogP contribution in [0, 0.1) is 30.1 Å². The average molecular weight is 447 g/mol. The van der Waals surface area contributed by atoms with E-state index < -0.39 is 0 Å². The van der Waals surface area contributed by atoms with E-state index in [-0.39, 0.29) is 29.8 Å². The minimum absolute atomic E-state index is 0.0153. The quantitative estimate of drug-likeness (QED) is 0.566. The molecular formula is C24H26N6O3. The number of benzene rings is 1. The Morgan fingerprint density at radius 1 is 1.33 bits per heavy atom. The van der Waals surface area contributed by atoms with Gasteiger partial charge in [0.25, 0.3) is 5.56 Å². The van der Waals surface area contributed by atoms with Gasteiger partial charge in [-0.15, -0.1) is 0 Å². The summed E-state index contributed by atoms with van der Waals surface area (Å²) >= 11 is 0. The fraction of sp³-hybridized carbons (Fsp3) is 0.375. The van der Waals surface area contributed by atoms with Crippen LogP contribution in [0.2, 0.25) is 0 Å². The molecular weight excluding hydrogens is 420 g/mol. The first kappa shape index (κ1) is 22.3. The number of aromatic nitrogens is 2. The Morgan fingerprint density at radius 3 is 2.76 bits per heavy atom. The summed E-state index contributed by atoms with van der Waals surface area (Å²) in [6.45, 7) is 6.54. The molecule has 1 aliphatic heterocycles. The number of hydrogen-bond acceptors (Lipinski definition) is 6. The van der Waals surface area contributed by atoms with E-state index >= 15 is 0 Å². The average Bonchev–Trinajstić information content (AvgIpc) is 3.56. The van der Waals surface area contributed by atoms with Crippen LogP contribution in [0.5, 0.6) is 0 Å². The number of amides is 2. The number of carbonyl (C=O) groups is 2. The van der Waals surface area contributed by atoms with E-state index in [0.29, 0.717) is 53.8 Å². The lowest BCUT2D eigenvalue weighted by atomic mass is 10.1. The lowest BCUT2D eigenvalue weighted by Crippen LogP contribution is -2.36. The molecule has 1 aliphatic carbocycles. The summed E-state index contributed by atoms with van der Waals surface area (Å²) in [7, 11) is 0. The largest absolute Gasteiger partial charge is 0.359 e. The Kier molecular flexibility index (Phi) is 6.27. The van der Waals surface area contributed by atoms with Crippen molar-refractivity contribution in [3.8, 4) is 17.3 Å². The molecule has 9 heteroatoms. The number of nitrogens with zero attached hydrogens (tertiary/aromatic N) is 3. The van der Waals surface area contributed by atoms with Crippen LogP contribution >= 0.6 is 0 Å². The van der Waals surface area contributed by atoms with Gasteiger partial charge in [-0.1, -0.05) is 6.58 Å². The van der Waals surface area contributed by atoms with Gasteiger partial charge in [0.05, 0.1) is 17.3 Å². The first-order valence-electron chi connectivity index (χ1n) is 11.0. The highest BCUT2D eigenvalue weighted by Crippen LogP contribution is 2.37.